The van der Waals surface area contributed by atoms with Crippen molar-refractivity contribution >= 4 is 17.6 Å². The summed E-state index contributed by atoms with van der Waals surface area (Å²) in [6.45, 7) is -2.24. The Labute approximate surface area is 239 Å². The van der Waals surface area contributed by atoms with Gasteiger partial charge in [0.25, 0.3) is 0 Å². The maximum Gasteiger partial charge on any atom is 0.416 e. The van der Waals surface area contributed by atoms with Crippen molar-refractivity contribution < 1.29 is 79.0 Å². The van der Waals surface area contributed by atoms with Crippen LogP contribution in [0.15, 0.2) is 42.6 Å². The van der Waals surface area contributed by atoms with Gasteiger partial charge >= 0.3 is 37.1 Å². The minimum Gasteiger partial charge on any atom is -0.262 e. The summed E-state index contributed by atoms with van der Waals surface area (Å²) in [7, 11) is 0. The molecular weight excluding hydrogens is 667 g/mol. The highest BCUT2D eigenvalue weighted by Gasteiger charge is 2.52. The zero-order valence-electron chi connectivity index (χ0n) is 21.6. The van der Waals surface area contributed by atoms with Gasteiger partial charge in [-0.1, -0.05) is 0 Å². The molecule has 0 aliphatic heterocycles. The van der Waals surface area contributed by atoms with E-state index in [4.69, 9.17) is 0 Å². The van der Waals surface area contributed by atoms with E-state index in [9.17, 15) is 79.0 Å². The van der Waals surface area contributed by atoms with Gasteiger partial charge in [0.05, 0.1) is 33.4 Å². The lowest BCUT2D eigenvalue weighted by atomic mass is 9.35. The molecule has 0 fully saturated rings. The fourth-order valence-electron chi connectivity index (χ4n) is 4.59. The van der Waals surface area contributed by atoms with Crippen molar-refractivity contribution in [2.45, 2.75) is 50.3 Å². The fourth-order valence-corrected chi connectivity index (χ4v) is 4.59. The number of hydrogen-bond acceptors (Lipinski definition) is 1. The number of hydrogen-bond donors (Lipinski definition) is 0. The van der Waals surface area contributed by atoms with E-state index in [0.717, 1.165) is 18.3 Å². The number of aromatic nitrogens is 1. The summed E-state index contributed by atoms with van der Waals surface area (Å²) in [5.41, 5.74) is -22.7. The SMILES string of the molecule is Cc1ccnc(CB(c2c(C(F)(F)F)cc(C(F)(F)F)cc2C(F)(F)F)c2c(C(F)(F)F)cc(C(F)(F)F)cc2C(F)(F)F)c1. The molecule has 0 radical (unpaired) electrons. The molecule has 45 heavy (non-hydrogen) atoms. The smallest absolute Gasteiger partial charge is 0.262 e. The fraction of sp³-hybridized carbons (Fsp3) is 0.320. The first-order valence-corrected chi connectivity index (χ1v) is 11.7. The quantitative estimate of drug-likeness (QED) is 0.199. The molecule has 1 nitrogen and oxygen atoms in total. The van der Waals surface area contributed by atoms with Gasteiger partial charge in [-0.05, 0) is 66.1 Å². The van der Waals surface area contributed by atoms with Crippen molar-refractivity contribution in [3.8, 4) is 0 Å². The van der Waals surface area contributed by atoms with Gasteiger partial charge in [-0.15, -0.1) is 0 Å². The van der Waals surface area contributed by atoms with Crippen LogP contribution in [0.4, 0.5) is 79.0 Å². The monoisotopic (exact) mass is 679 g/mol. The number of halogens is 18. The van der Waals surface area contributed by atoms with Crippen LogP contribution >= 0.6 is 0 Å². The van der Waals surface area contributed by atoms with E-state index in [1.807, 2.05) is 0 Å². The lowest BCUT2D eigenvalue weighted by molar-refractivity contribution is -0.149. The molecule has 0 aliphatic carbocycles. The van der Waals surface area contributed by atoms with Gasteiger partial charge in [0.1, 0.15) is 0 Å². The van der Waals surface area contributed by atoms with Gasteiger partial charge in [-0.3, -0.25) is 4.98 Å². The van der Waals surface area contributed by atoms with E-state index in [1.165, 1.54) is 6.92 Å². The zero-order chi connectivity index (χ0) is 34.7. The molecule has 0 aliphatic rings. The van der Waals surface area contributed by atoms with Crippen LogP contribution in [0.25, 0.3) is 0 Å². The Balaban J connectivity index is 2.74. The minimum absolute atomic E-state index is 0.0813. The van der Waals surface area contributed by atoms with Gasteiger partial charge in [-0.25, -0.2) is 0 Å². The molecule has 0 bridgehead atoms. The van der Waals surface area contributed by atoms with Crippen molar-refractivity contribution in [1.82, 2.24) is 4.98 Å². The first kappa shape index (κ1) is 35.9. The molecule has 1 aromatic heterocycles. The van der Waals surface area contributed by atoms with Crippen molar-refractivity contribution in [2.24, 2.45) is 0 Å². The van der Waals surface area contributed by atoms with Crippen LogP contribution in [0, 0.1) is 6.92 Å². The topological polar surface area (TPSA) is 12.9 Å². The first-order chi connectivity index (χ1) is 20.0. The molecule has 0 atom stereocenters. The van der Waals surface area contributed by atoms with E-state index < -0.39 is 124 Å². The van der Waals surface area contributed by atoms with Crippen LogP contribution in [-0.4, -0.2) is 11.7 Å². The molecule has 3 rings (SSSR count). The Hall–Kier alpha value is -3.61. The van der Waals surface area contributed by atoms with Crippen molar-refractivity contribution in [2.75, 3.05) is 0 Å². The second-order valence-corrected chi connectivity index (χ2v) is 9.54. The van der Waals surface area contributed by atoms with Crippen LogP contribution in [0.2, 0.25) is 0 Å². The van der Waals surface area contributed by atoms with Gasteiger partial charge in [0.15, 0.2) is 0 Å². The van der Waals surface area contributed by atoms with Crippen LogP contribution in [0.3, 0.4) is 0 Å². The third-order valence-corrected chi connectivity index (χ3v) is 6.32. The maximum absolute atomic E-state index is 14.2. The summed E-state index contributed by atoms with van der Waals surface area (Å²) in [4.78, 5) is 3.53. The lowest BCUT2D eigenvalue weighted by Crippen LogP contribution is -2.55. The Morgan fingerprint density at radius 2 is 0.800 bits per heavy atom. The third-order valence-electron chi connectivity index (χ3n) is 6.32. The molecule has 1 heterocycles. The number of nitrogens with zero attached hydrogens (tertiary/aromatic N) is 1. The predicted octanol–water partition coefficient (Wildman–Crippen LogP) is 8.89. The van der Waals surface area contributed by atoms with E-state index >= 15 is 0 Å². The third kappa shape index (κ3) is 7.98. The van der Waals surface area contributed by atoms with Crippen LogP contribution in [0.5, 0.6) is 0 Å². The predicted molar refractivity (Wildman–Crippen MR) is 121 cm³/mol. The first-order valence-electron chi connectivity index (χ1n) is 11.7. The van der Waals surface area contributed by atoms with Crippen molar-refractivity contribution in [3.05, 3.63) is 87.2 Å². The molecule has 2 aromatic carbocycles. The van der Waals surface area contributed by atoms with E-state index in [0.29, 0.717) is 0 Å². The summed E-state index contributed by atoms with van der Waals surface area (Å²) in [6.07, 6.45) is -37.9. The normalized spacial score (nSPS) is 13.8. The Bertz CT molecular complexity index is 1390. The molecule has 0 saturated heterocycles. The van der Waals surface area contributed by atoms with Gasteiger partial charge in [0, 0.05) is 11.9 Å². The van der Waals surface area contributed by atoms with Gasteiger partial charge < -0.3 is 0 Å². The Morgan fingerprint density at radius 3 is 1.04 bits per heavy atom. The summed E-state index contributed by atoms with van der Waals surface area (Å²) in [5, 5.41) is 0. The number of benzene rings is 2. The standard InChI is InChI=1S/C25H12BF18N/c1-10-2-3-45-13(4-10)9-26(18-14(22(33,34)35)5-11(20(27,28)29)6-15(18)23(36,37)38)19-16(24(39,40)41)7-12(21(30,31)32)8-17(19)25(42,43)44/h2-8H,9H2,1H3. The molecule has 0 spiro atoms. The van der Waals surface area contributed by atoms with Crippen LogP contribution in [-0.2, 0) is 43.4 Å². The van der Waals surface area contributed by atoms with Crippen LogP contribution < -0.4 is 10.9 Å². The molecule has 246 valence electrons. The maximum atomic E-state index is 14.2. The molecule has 0 saturated carbocycles. The molecule has 0 unspecified atom stereocenters. The van der Waals surface area contributed by atoms with E-state index in [-0.39, 0.29) is 5.56 Å². The molecule has 0 amide bonds. The number of pyridine rings is 1. The van der Waals surface area contributed by atoms with Gasteiger partial charge in [0.2, 0.25) is 6.71 Å². The average Bonchev–Trinajstić information content (AvgIpc) is 2.82. The molecule has 20 heteroatoms. The van der Waals surface area contributed by atoms with Crippen molar-refractivity contribution in [1.29, 1.82) is 0 Å². The largest absolute Gasteiger partial charge is 0.416 e. The second-order valence-electron chi connectivity index (χ2n) is 9.54. The zero-order valence-corrected chi connectivity index (χ0v) is 21.6. The molecule has 3 aromatic rings. The van der Waals surface area contributed by atoms with E-state index in [2.05, 4.69) is 4.98 Å². The van der Waals surface area contributed by atoms with Crippen LogP contribution in [0.1, 0.15) is 44.6 Å². The Morgan fingerprint density at radius 1 is 0.489 bits per heavy atom. The average molecular weight is 679 g/mol. The minimum atomic E-state index is -6.28. The highest BCUT2D eigenvalue weighted by Crippen LogP contribution is 2.43. The summed E-state index contributed by atoms with van der Waals surface area (Å²) >= 11 is 0. The second kappa shape index (κ2) is 11.3. The highest BCUT2D eigenvalue weighted by atomic mass is 19.4. The highest BCUT2D eigenvalue weighted by molar-refractivity contribution is 6.86. The van der Waals surface area contributed by atoms with E-state index in [1.54, 1.807) is 0 Å². The summed E-state index contributed by atoms with van der Waals surface area (Å²) in [6, 6.07) is -1.78. The number of alkyl halides is 18. The Kier molecular flexibility index (Phi) is 9.03. The number of rotatable bonds is 4. The van der Waals surface area contributed by atoms with Crippen molar-refractivity contribution in [3.63, 3.8) is 0 Å². The summed E-state index contributed by atoms with van der Waals surface area (Å²) in [5.74, 6) is 0. The molecule has 0 N–H and O–H groups in total. The lowest BCUT2D eigenvalue weighted by Gasteiger charge is -2.30. The van der Waals surface area contributed by atoms with Gasteiger partial charge in [-0.2, -0.15) is 79.0 Å². The number of aryl methyl sites for hydroxylation is 1. The summed E-state index contributed by atoms with van der Waals surface area (Å²) < 4.78 is 251. The molecular formula is C25H12BF18N.